The van der Waals surface area contributed by atoms with Crippen molar-refractivity contribution in [3.05, 3.63) is 32.6 Å². The van der Waals surface area contributed by atoms with Gasteiger partial charge in [-0.25, -0.2) is 18.2 Å². The van der Waals surface area contributed by atoms with Gasteiger partial charge in [0.2, 0.25) is 0 Å². The van der Waals surface area contributed by atoms with Crippen LogP contribution in [0.25, 0.3) is 0 Å². The number of rotatable bonds is 17. The molecule has 1 saturated heterocycles. The molecule has 1 aliphatic heterocycles. The minimum absolute atomic E-state index is 0.0809. The van der Waals surface area contributed by atoms with E-state index in [4.69, 9.17) is 19.0 Å². The topological polar surface area (TPSA) is 224 Å². The van der Waals surface area contributed by atoms with E-state index in [1.54, 1.807) is 0 Å². The maximum atomic E-state index is 13.3. The van der Waals surface area contributed by atoms with E-state index in [1.807, 2.05) is 0 Å². The molecule has 220 valence electrons. The number of aliphatic hydroxyl groups excluding tert-OH is 1. The van der Waals surface area contributed by atoms with E-state index in [0.29, 0.717) is 6.42 Å². The standard InChI is InChI=1S/C20H37N2O13P3/c1-3-4-5-6-7-8-9-10-11-36(26,34-38(30,31)35-37(27,28)29)32-14-17-16(23)12-18(33-17)22-13-15(2)19(24)21-20(22)25/h13,16-18,23H,3-12,14H2,1-2H3,(H,30,31)(H,21,24,25)(H2,27,28,29)/t16-,17+,18+,36?/m0/s1. The van der Waals surface area contributed by atoms with E-state index in [1.165, 1.54) is 13.1 Å². The molecule has 1 aromatic rings. The molecule has 15 nitrogen and oxygen atoms in total. The second-order valence-corrected chi connectivity index (χ2v) is 14.3. The van der Waals surface area contributed by atoms with E-state index in [-0.39, 0.29) is 24.6 Å². The number of aromatic amines is 1. The maximum Gasteiger partial charge on any atom is 0.488 e. The summed E-state index contributed by atoms with van der Waals surface area (Å²) in [7, 11) is -15.4. The summed E-state index contributed by atoms with van der Waals surface area (Å²) in [6.07, 6.45) is 4.46. The summed E-state index contributed by atoms with van der Waals surface area (Å²) in [5, 5.41) is 10.4. The molecule has 0 bridgehead atoms. The van der Waals surface area contributed by atoms with Gasteiger partial charge in [-0.15, -0.1) is 0 Å². The lowest BCUT2D eigenvalue weighted by atomic mass is 10.1. The molecule has 2 heterocycles. The van der Waals surface area contributed by atoms with Crippen molar-refractivity contribution < 1.29 is 51.4 Å². The van der Waals surface area contributed by atoms with Crippen LogP contribution in [0.2, 0.25) is 0 Å². The highest BCUT2D eigenvalue weighted by atomic mass is 31.3. The Morgan fingerprint density at radius 1 is 1.03 bits per heavy atom. The Kier molecular flexibility index (Phi) is 12.8. The summed E-state index contributed by atoms with van der Waals surface area (Å²) in [4.78, 5) is 53.3. The van der Waals surface area contributed by atoms with E-state index >= 15 is 0 Å². The van der Waals surface area contributed by atoms with Crippen LogP contribution in [0.4, 0.5) is 0 Å². The van der Waals surface area contributed by atoms with Gasteiger partial charge in [0, 0.05) is 18.2 Å². The molecule has 2 rings (SSSR count). The van der Waals surface area contributed by atoms with Crippen LogP contribution in [0.5, 0.6) is 0 Å². The van der Waals surface area contributed by atoms with Crippen LogP contribution in [0.3, 0.4) is 0 Å². The minimum atomic E-state index is -5.50. The number of aromatic nitrogens is 2. The average Bonchev–Trinajstić information content (AvgIpc) is 3.15. The van der Waals surface area contributed by atoms with Crippen molar-refractivity contribution in [1.29, 1.82) is 0 Å². The summed E-state index contributed by atoms with van der Waals surface area (Å²) in [6.45, 7) is 2.99. The van der Waals surface area contributed by atoms with Gasteiger partial charge in [0.1, 0.15) is 12.3 Å². The quantitative estimate of drug-likeness (QED) is 0.127. The second kappa shape index (κ2) is 14.6. The molecular weight excluding hydrogens is 569 g/mol. The zero-order valence-corrected chi connectivity index (χ0v) is 24.0. The molecule has 5 atom stereocenters. The van der Waals surface area contributed by atoms with Crippen molar-refractivity contribution in [3.8, 4) is 0 Å². The highest BCUT2D eigenvalue weighted by Gasteiger charge is 2.43. The molecule has 0 aromatic carbocycles. The molecule has 1 aromatic heterocycles. The fourth-order valence-electron chi connectivity index (χ4n) is 3.90. The number of nitrogens with zero attached hydrogens (tertiary/aromatic N) is 1. The van der Waals surface area contributed by atoms with Crippen molar-refractivity contribution in [2.45, 2.75) is 90.1 Å². The van der Waals surface area contributed by atoms with Gasteiger partial charge in [-0.3, -0.25) is 18.9 Å². The summed E-state index contributed by atoms with van der Waals surface area (Å²) >= 11 is 0. The lowest BCUT2D eigenvalue weighted by Crippen LogP contribution is -2.33. The summed E-state index contributed by atoms with van der Waals surface area (Å²) < 4.78 is 56.8. The Bertz CT molecular complexity index is 1160. The molecule has 0 spiro atoms. The Balaban J connectivity index is 2.04. The third-order valence-corrected chi connectivity index (χ3v) is 10.7. The van der Waals surface area contributed by atoms with Crippen LogP contribution >= 0.6 is 23.2 Å². The fourth-order valence-corrected chi connectivity index (χ4v) is 8.25. The Labute approximate surface area is 219 Å². The van der Waals surface area contributed by atoms with Crippen LogP contribution in [0.1, 0.15) is 76.5 Å². The number of nitrogens with one attached hydrogen (secondary N) is 1. The van der Waals surface area contributed by atoms with Gasteiger partial charge < -0.3 is 29.0 Å². The van der Waals surface area contributed by atoms with Crippen molar-refractivity contribution in [3.63, 3.8) is 0 Å². The van der Waals surface area contributed by atoms with E-state index in [9.17, 15) is 33.3 Å². The third-order valence-electron chi connectivity index (χ3n) is 5.82. The largest absolute Gasteiger partial charge is 0.488 e. The van der Waals surface area contributed by atoms with Crippen LogP contribution < -0.4 is 11.2 Å². The van der Waals surface area contributed by atoms with Gasteiger partial charge in [0.05, 0.1) is 18.9 Å². The number of hydrogen-bond donors (Lipinski definition) is 5. The molecular formula is C20H37N2O13P3. The number of unbranched alkanes of at least 4 members (excludes halogenated alkanes) is 7. The number of aryl methyl sites for hydroxylation is 1. The Morgan fingerprint density at radius 3 is 2.24 bits per heavy atom. The highest BCUT2D eigenvalue weighted by molar-refractivity contribution is 7.68. The number of phosphoric acid groups is 2. The van der Waals surface area contributed by atoms with Crippen molar-refractivity contribution in [2.75, 3.05) is 12.8 Å². The average molecular weight is 606 g/mol. The fraction of sp³-hybridized carbons (Fsp3) is 0.800. The molecule has 5 N–H and O–H groups in total. The summed E-state index contributed by atoms with van der Waals surface area (Å²) in [6, 6.07) is 0. The lowest BCUT2D eigenvalue weighted by Gasteiger charge is -2.23. The van der Waals surface area contributed by atoms with Gasteiger partial charge >= 0.3 is 28.9 Å². The number of aliphatic hydroxyl groups is 1. The molecule has 0 aliphatic carbocycles. The summed E-state index contributed by atoms with van der Waals surface area (Å²) in [5.41, 5.74) is -1.11. The van der Waals surface area contributed by atoms with Gasteiger partial charge in [-0.1, -0.05) is 51.9 Å². The zero-order valence-electron chi connectivity index (χ0n) is 21.3. The number of ether oxygens (including phenoxy) is 1. The van der Waals surface area contributed by atoms with Crippen LogP contribution in [0.15, 0.2) is 15.8 Å². The lowest BCUT2D eigenvalue weighted by molar-refractivity contribution is -0.0424. The first-order valence-electron chi connectivity index (χ1n) is 12.3. The smallest absolute Gasteiger partial charge is 0.390 e. The van der Waals surface area contributed by atoms with Gasteiger partial charge in [-0.2, -0.15) is 4.31 Å². The van der Waals surface area contributed by atoms with Gasteiger partial charge in [0.25, 0.3) is 5.56 Å². The van der Waals surface area contributed by atoms with Crippen LogP contribution in [-0.2, 0) is 31.6 Å². The van der Waals surface area contributed by atoms with E-state index < -0.39 is 59.5 Å². The van der Waals surface area contributed by atoms with Crippen LogP contribution in [0, 0.1) is 6.92 Å². The van der Waals surface area contributed by atoms with Gasteiger partial charge in [0.15, 0.2) is 0 Å². The minimum Gasteiger partial charge on any atom is -0.390 e. The maximum absolute atomic E-state index is 13.3. The van der Waals surface area contributed by atoms with Crippen molar-refractivity contribution in [1.82, 2.24) is 9.55 Å². The Hall–Kier alpha value is -0.950. The summed E-state index contributed by atoms with van der Waals surface area (Å²) in [5.74, 6) is 0. The second-order valence-electron chi connectivity index (χ2n) is 9.14. The molecule has 18 heteroatoms. The number of H-pyrrole nitrogens is 1. The van der Waals surface area contributed by atoms with E-state index in [0.717, 1.165) is 43.1 Å². The molecule has 0 radical (unpaired) electrons. The first-order chi connectivity index (χ1) is 17.6. The van der Waals surface area contributed by atoms with Crippen LogP contribution in [-0.4, -0.2) is 54.3 Å². The monoisotopic (exact) mass is 606 g/mol. The Morgan fingerprint density at radius 2 is 1.63 bits per heavy atom. The molecule has 38 heavy (non-hydrogen) atoms. The number of hydrogen-bond acceptors (Lipinski definition) is 10. The molecule has 0 saturated carbocycles. The molecule has 1 fully saturated rings. The SMILES string of the molecule is CCCCCCCCCCP(=O)(OC[C@H]1O[C@@H](n2cc(C)c(=O)[nH]c2=O)C[C@@H]1O)OP(=O)(O)OP(=O)(O)O. The predicted molar refractivity (Wildman–Crippen MR) is 136 cm³/mol. The third kappa shape index (κ3) is 11.3. The first-order valence-corrected chi connectivity index (χ1v) is 17.1. The normalized spacial score (nSPS) is 23.3. The highest BCUT2D eigenvalue weighted by Crippen LogP contribution is 2.68. The molecule has 1 aliphatic rings. The first kappa shape index (κ1) is 33.3. The molecule has 0 amide bonds. The molecule has 2 unspecified atom stereocenters. The van der Waals surface area contributed by atoms with Crippen molar-refractivity contribution >= 4 is 23.2 Å². The zero-order chi connectivity index (χ0) is 28.6. The van der Waals surface area contributed by atoms with E-state index in [2.05, 4.69) is 20.5 Å². The van der Waals surface area contributed by atoms with Crippen molar-refractivity contribution in [2.24, 2.45) is 0 Å². The predicted octanol–water partition coefficient (Wildman–Crippen LogP) is 3.07. The van der Waals surface area contributed by atoms with Gasteiger partial charge in [-0.05, 0) is 13.3 Å².